The molecule has 1 aromatic carbocycles. The number of halogens is 1. The number of nitrogens with zero attached hydrogens (tertiary/aromatic N) is 5. The summed E-state index contributed by atoms with van der Waals surface area (Å²) in [4.78, 5) is 40.4. The number of aryl methyl sites for hydroxylation is 1. The van der Waals surface area contributed by atoms with E-state index in [1.807, 2.05) is 12.1 Å². The minimum Gasteiger partial charge on any atom is -0.339 e. The summed E-state index contributed by atoms with van der Waals surface area (Å²) in [5, 5.41) is 4.48. The van der Waals surface area contributed by atoms with Crippen LogP contribution in [0.5, 0.6) is 0 Å². The number of hydrogen-bond donors (Lipinski definition) is 1. The fourth-order valence-corrected chi connectivity index (χ4v) is 5.52. The van der Waals surface area contributed by atoms with E-state index in [9.17, 15) is 14.0 Å². The normalized spacial score (nSPS) is 16.8. The number of aromatic nitrogens is 5. The summed E-state index contributed by atoms with van der Waals surface area (Å²) in [5.74, 6) is 0.120. The van der Waals surface area contributed by atoms with Crippen LogP contribution < -0.4 is 5.56 Å². The zero-order valence-corrected chi connectivity index (χ0v) is 20.8. The van der Waals surface area contributed by atoms with Crippen LogP contribution in [0.25, 0.3) is 28.3 Å². The first-order valence-electron chi connectivity index (χ1n) is 12.9. The number of likely N-dealkylation sites (tertiary alicyclic amines) is 1. The van der Waals surface area contributed by atoms with Gasteiger partial charge in [-0.2, -0.15) is 9.61 Å². The van der Waals surface area contributed by atoms with Crippen molar-refractivity contribution in [1.82, 2.24) is 29.5 Å². The van der Waals surface area contributed by atoms with Gasteiger partial charge in [0.25, 0.3) is 11.5 Å². The molecule has 0 bridgehead atoms. The molecule has 8 nitrogen and oxygen atoms in total. The molecule has 0 atom stereocenters. The lowest BCUT2D eigenvalue weighted by atomic mass is 9.84. The lowest BCUT2D eigenvalue weighted by Gasteiger charge is -2.37. The Balaban J connectivity index is 1.44. The number of benzene rings is 1. The van der Waals surface area contributed by atoms with Crippen molar-refractivity contribution in [2.24, 2.45) is 5.92 Å². The van der Waals surface area contributed by atoms with Crippen molar-refractivity contribution < 1.29 is 9.18 Å². The Kier molecular flexibility index (Phi) is 6.06. The van der Waals surface area contributed by atoms with E-state index < -0.39 is 6.67 Å². The summed E-state index contributed by atoms with van der Waals surface area (Å²) in [6.07, 6.45) is 9.42. The molecule has 3 aromatic heterocycles. The Hall–Kier alpha value is -3.88. The van der Waals surface area contributed by atoms with Gasteiger partial charge in [-0.1, -0.05) is 43.5 Å². The number of alkyl halides is 1. The van der Waals surface area contributed by atoms with E-state index in [0.29, 0.717) is 41.7 Å². The maximum absolute atomic E-state index is 13.6. The monoisotopic (exact) mass is 500 g/mol. The number of carbonyl (C=O) groups excluding carboxylic acids is 1. The maximum Gasteiger partial charge on any atom is 0.274 e. The zero-order valence-electron chi connectivity index (χ0n) is 20.8. The van der Waals surface area contributed by atoms with Gasteiger partial charge in [0.2, 0.25) is 0 Å². The zero-order chi connectivity index (χ0) is 25.5. The number of aromatic amines is 1. The van der Waals surface area contributed by atoms with Crippen molar-refractivity contribution in [1.29, 1.82) is 0 Å². The van der Waals surface area contributed by atoms with Crippen molar-refractivity contribution in [3.63, 3.8) is 0 Å². The molecule has 1 aliphatic heterocycles. The second-order valence-electron chi connectivity index (χ2n) is 10.2. The van der Waals surface area contributed by atoms with Crippen LogP contribution in [-0.2, 0) is 0 Å². The third-order valence-corrected chi connectivity index (χ3v) is 7.59. The SMILES string of the molecule is Cc1cncc(-c2nn3c(=O)cc(-c4ccc(C5CCCCC5)cc4)[nH]c3c2C(=O)N2CC(CF)C2)n1. The fraction of sp³-hybridized carbons (Fsp3) is 0.393. The average Bonchev–Trinajstić information content (AvgIpc) is 3.29. The molecular formula is C28H29FN6O2. The number of carbonyl (C=O) groups is 1. The molecule has 0 unspecified atom stereocenters. The molecule has 9 heteroatoms. The minimum absolute atomic E-state index is 0.162. The number of amides is 1. The van der Waals surface area contributed by atoms with Crippen LogP contribution in [0.15, 0.2) is 47.5 Å². The van der Waals surface area contributed by atoms with Crippen LogP contribution in [0.3, 0.4) is 0 Å². The summed E-state index contributed by atoms with van der Waals surface area (Å²) in [5.41, 5.74) is 4.33. The van der Waals surface area contributed by atoms with Crippen molar-refractivity contribution in [2.75, 3.05) is 19.8 Å². The van der Waals surface area contributed by atoms with Gasteiger partial charge in [-0.15, -0.1) is 0 Å². The molecule has 2 fully saturated rings. The third kappa shape index (κ3) is 4.32. The average molecular weight is 501 g/mol. The van der Waals surface area contributed by atoms with Crippen molar-refractivity contribution >= 4 is 11.6 Å². The molecule has 4 aromatic rings. The third-order valence-electron chi connectivity index (χ3n) is 7.59. The van der Waals surface area contributed by atoms with Gasteiger partial charge in [0.15, 0.2) is 5.65 Å². The summed E-state index contributed by atoms with van der Waals surface area (Å²) in [6.45, 7) is 2.00. The van der Waals surface area contributed by atoms with Gasteiger partial charge in [-0.25, -0.2) is 4.98 Å². The Morgan fingerprint density at radius 2 is 1.86 bits per heavy atom. The van der Waals surface area contributed by atoms with E-state index in [1.165, 1.54) is 54.4 Å². The molecule has 190 valence electrons. The lowest BCUT2D eigenvalue weighted by molar-refractivity contribution is 0.0455. The molecule has 1 aliphatic carbocycles. The molecule has 2 aliphatic rings. The van der Waals surface area contributed by atoms with E-state index in [-0.39, 0.29) is 28.6 Å². The van der Waals surface area contributed by atoms with Crippen molar-refractivity contribution in [3.8, 4) is 22.6 Å². The highest BCUT2D eigenvalue weighted by molar-refractivity contribution is 6.05. The topological polar surface area (TPSA) is 96.2 Å². The van der Waals surface area contributed by atoms with E-state index in [4.69, 9.17) is 0 Å². The quantitative estimate of drug-likeness (QED) is 0.434. The molecule has 1 amide bonds. The summed E-state index contributed by atoms with van der Waals surface area (Å²) in [6, 6.07) is 9.83. The Morgan fingerprint density at radius 1 is 1.11 bits per heavy atom. The summed E-state index contributed by atoms with van der Waals surface area (Å²) < 4.78 is 14.3. The van der Waals surface area contributed by atoms with Crippen LogP contribution in [0, 0.1) is 12.8 Å². The van der Waals surface area contributed by atoms with Gasteiger partial charge in [0.1, 0.15) is 17.0 Å². The smallest absolute Gasteiger partial charge is 0.274 e. The number of nitrogens with one attached hydrogen (secondary N) is 1. The van der Waals surface area contributed by atoms with E-state index in [1.54, 1.807) is 18.0 Å². The van der Waals surface area contributed by atoms with Crippen LogP contribution in [0.1, 0.15) is 59.6 Å². The van der Waals surface area contributed by atoms with Gasteiger partial charge in [-0.3, -0.25) is 19.0 Å². The van der Waals surface area contributed by atoms with Gasteiger partial charge in [0, 0.05) is 31.3 Å². The Bertz CT molecular complexity index is 1510. The number of rotatable bonds is 5. The second-order valence-corrected chi connectivity index (χ2v) is 10.2. The van der Waals surface area contributed by atoms with Crippen LogP contribution in [-0.4, -0.2) is 55.1 Å². The maximum atomic E-state index is 13.6. The van der Waals surface area contributed by atoms with Gasteiger partial charge in [-0.05, 0) is 36.8 Å². The molecule has 6 rings (SSSR count). The highest BCUT2D eigenvalue weighted by atomic mass is 19.1. The van der Waals surface area contributed by atoms with Crippen LogP contribution in [0.2, 0.25) is 0 Å². The van der Waals surface area contributed by atoms with E-state index in [2.05, 4.69) is 32.2 Å². The molecule has 0 radical (unpaired) electrons. The molecule has 37 heavy (non-hydrogen) atoms. The van der Waals surface area contributed by atoms with Crippen molar-refractivity contribution in [2.45, 2.75) is 44.9 Å². The molecule has 1 saturated carbocycles. The van der Waals surface area contributed by atoms with Crippen molar-refractivity contribution in [3.05, 3.63) is 69.9 Å². The van der Waals surface area contributed by atoms with E-state index >= 15 is 0 Å². The van der Waals surface area contributed by atoms with Gasteiger partial charge < -0.3 is 9.88 Å². The van der Waals surface area contributed by atoms with Crippen LogP contribution in [0.4, 0.5) is 4.39 Å². The molecular weight excluding hydrogens is 471 g/mol. The Labute approximate surface area is 213 Å². The first-order valence-corrected chi connectivity index (χ1v) is 12.9. The highest BCUT2D eigenvalue weighted by Crippen LogP contribution is 2.34. The molecule has 0 spiro atoms. The summed E-state index contributed by atoms with van der Waals surface area (Å²) >= 11 is 0. The predicted octanol–water partition coefficient (Wildman–Crippen LogP) is 4.54. The van der Waals surface area contributed by atoms with Crippen LogP contribution >= 0.6 is 0 Å². The molecule has 4 heterocycles. The standard InChI is InChI=1S/C28H29FN6O2/c1-17-13-30-14-23(31-17)26-25(28(37)34-15-18(12-29)16-34)27-32-22(11-24(36)35(27)33-26)21-9-7-20(8-10-21)19-5-3-2-4-6-19/h7-11,13-14,18-19,32H,2-6,12,15-16H2,1H3. The first kappa shape index (κ1) is 23.5. The number of H-pyrrole nitrogens is 1. The highest BCUT2D eigenvalue weighted by Gasteiger charge is 2.35. The minimum atomic E-state index is -0.466. The second kappa shape index (κ2) is 9.53. The predicted molar refractivity (Wildman–Crippen MR) is 138 cm³/mol. The fourth-order valence-electron chi connectivity index (χ4n) is 5.52. The van der Waals surface area contributed by atoms with E-state index in [0.717, 1.165) is 5.56 Å². The largest absolute Gasteiger partial charge is 0.339 e. The summed E-state index contributed by atoms with van der Waals surface area (Å²) in [7, 11) is 0. The molecule has 1 N–H and O–H groups in total. The van der Waals surface area contributed by atoms with Gasteiger partial charge >= 0.3 is 0 Å². The van der Waals surface area contributed by atoms with Gasteiger partial charge in [0.05, 0.1) is 24.3 Å². The number of hydrogen-bond acceptors (Lipinski definition) is 5. The first-order chi connectivity index (χ1) is 18.0. The molecule has 1 saturated heterocycles. The lowest BCUT2D eigenvalue weighted by Crippen LogP contribution is -2.50. The Morgan fingerprint density at radius 3 is 2.57 bits per heavy atom. The number of fused-ring (bicyclic) bond motifs is 1.